The molecule has 1 amide bonds. The molecule has 8 heteroatoms. The number of rotatable bonds is 12. The first kappa shape index (κ1) is 29.5. The summed E-state index contributed by atoms with van der Waals surface area (Å²) in [5, 5.41) is 11.8. The predicted molar refractivity (Wildman–Crippen MR) is 165 cm³/mol. The van der Waals surface area contributed by atoms with Gasteiger partial charge in [-0.2, -0.15) is 0 Å². The van der Waals surface area contributed by atoms with Crippen LogP contribution >= 0.6 is 15.9 Å². The number of nitrogens with zero attached hydrogens (tertiary/aromatic N) is 1. The average molecular weight is 632 g/mol. The zero-order valence-electron chi connectivity index (χ0n) is 23.0. The molecule has 0 radical (unpaired) electrons. The summed E-state index contributed by atoms with van der Waals surface area (Å²) >= 11 is 3.62. The van der Waals surface area contributed by atoms with Crippen LogP contribution in [0.1, 0.15) is 29.2 Å². The first-order valence-electron chi connectivity index (χ1n) is 13.9. The Kier molecular flexibility index (Phi) is 9.66. The third-order valence-corrected chi connectivity index (χ3v) is 7.92. The molecule has 0 aliphatic carbocycles. The lowest BCUT2D eigenvalue weighted by atomic mass is 9.81. The molecule has 0 bridgehead atoms. The molecule has 1 aliphatic rings. The van der Waals surface area contributed by atoms with Crippen molar-refractivity contribution in [3.05, 3.63) is 124 Å². The van der Waals surface area contributed by atoms with Crippen molar-refractivity contribution >= 4 is 27.7 Å². The molecule has 0 fully saturated rings. The number of amides is 1. The molecule has 1 aliphatic heterocycles. The van der Waals surface area contributed by atoms with Gasteiger partial charge in [-0.05, 0) is 52.6 Å². The first-order valence-corrected chi connectivity index (χ1v) is 14.7. The Balaban J connectivity index is 1.56. The summed E-state index contributed by atoms with van der Waals surface area (Å²) in [6.45, 7) is -0.359. The maximum Gasteiger partial charge on any atom is 0.252 e. The largest absolute Gasteiger partial charge is 0.494 e. The van der Waals surface area contributed by atoms with Crippen LogP contribution in [-0.4, -0.2) is 48.9 Å². The second-order valence-electron chi connectivity index (χ2n) is 9.99. The predicted octanol–water partition coefficient (Wildman–Crippen LogP) is 6.46. The van der Waals surface area contributed by atoms with E-state index in [1.807, 2.05) is 91.0 Å². The van der Waals surface area contributed by atoms with Crippen molar-refractivity contribution in [3.63, 3.8) is 0 Å². The molecule has 42 heavy (non-hydrogen) atoms. The highest BCUT2D eigenvalue weighted by Crippen LogP contribution is 2.43. The van der Waals surface area contributed by atoms with Crippen molar-refractivity contribution in [2.24, 2.45) is 4.99 Å². The van der Waals surface area contributed by atoms with E-state index in [1.165, 1.54) is 0 Å². The van der Waals surface area contributed by atoms with Gasteiger partial charge in [0.25, 0.3) is 5.91 Å². The zero-order valence-corrected chi connectivity index (χ0v) is 24.6. The smallest absolute Gasteiger partial charge is 0.252 e. The molecule has 0 spiro atoms. The van der Waals surface area contributed by atoms with Crippen LogP contribution in [0.4, 0.5) is 4.39 Å². The lowest BCUT2D eigenvalue weighted by molar-refractivity contribution is -0.129. The molecule has 0 saturated heterocycles. The van der Waals surface area contributed by atoms with Crippen molar-refractivity contribution < 1.29 is 23.8 Å². The number of nitrogens with one attached hydrogen (secondary N) is 1. The van der Waals surface area contributed by atoms with Crippen LogP contribution < -0.4 is 10.1 Å². The molecule has 0 aromatic heterocycles. The summed E-state index contributed by atoms with van der Waals surface area (Å²) in [5.74, 6) is 0.558. The van der Waals surface area contributed by atoms with Gasteiger partial charge in [0.05, 0.1) is 6.61 Å². The molecule has 4 aromatic carbocycles. The van der Waals surface area contributed by atoms with E-state index in [-0.39, 0.29) is 19.6 Å². The number of ether oxygens (including phenoxy) is 2. The van der Waals surface area contributed by atoms with Gasteiger partial charge >= 0.3 is 0 Å². The number of aliphatic imine (C=N–C) groups is 1. The summed E-state index contributed by atoms with van der Waals surface area (Å²) in [6.07, 6.45) is -0.0123. The Morgan fingerprint density at radius 2 is 1.60 bits per heavy atom. The van der Waals surface area contributed by atoms with Crippen LogP contribution in [0.5, 0.6) is 5.75 Å². The van der Waals surface area contributed by atoms with Gasteiger partial charge in [0.2, 0.25) is 5.90 Å². The summed E-state index contributed by atoms with van der Waals surface area (Å²) in [5.41, 5.74) is 3.05. The molecule has 5 rings (SSSR count). The van der Waals surface area contributed by atoms with Crippen molar-refractivity contribution in [1.82, 2.24) is 5.32 Å². The van der Waals surface area contributed by atoms with E-state index >= 15 is 0 Å². The molecule has 0 saturated carbocycles. The molecule has 216 valence electrons. The number of carbonyl (C=O) groups excluding carboxylic acids is 1. The van der Waals surface area contributed by atoms with Crippen LogP contribution in [0.3, 0.4) is 0 Å². The molecule has 6 nitrogen and oxygen atoms in total. The van der Waals surface area contributed by atoms with Gasteiger partial charge in [-0.3, -0.25) is 4.79 Å². The maximum absolute atomic E-state index is 14.0. The highest BCUT2D eigenvalue weighted by atomic mass is 79.9. The van der Waals surface area contributed by atoms with Gasteiger partial charge in [0.15, 0.2) is 11.6 Å². The number of hydrogen-bond donors (Lipinski definition) is 2. The van der Waals surface area contributed by atoms with E-state index < -0.39 is 24.2 Å². The van der Waals surface area contributed by atoms with Gasteiger partial charge in [0, 0.05) is 36.0 Å². The Labute approximate surface area is 253 Å². The van der Waals surface area contributed by atoms with Crippen LogP contribution in [0.15, 0.2) is 113 Å². The number of hydrogen-bond acceptors (Lipinski definition) is 5. The number of halogens is 2. The van der Waals surface area contributed by atoms with Crippen LogP contribution in [0.2, 0.25) is 0 Å². The molecule has 4 aromatic rings. The van der Waals surface area contributed by atoms with Crippen molar-refractivity contribution in [1.29, 1.82) is 0 Å². The Bertz CT molecular complexity index is 1510. The standard InChI is InChI=1S/C34H32BrFN2O4/c35-30-10-5-4-9-28(30)23-34(33(40)37-20-19-36)31(26-13-11-25(12-14-26)24-7-2-1-3-8-24)42-32(38-34)27-15-17-29(18-16-27)41-22-6-21-39/h1-5,7-18,31,39H,6,19-23H2,(H,37,40)/t31-,34-/m1/s1. The minimum atomic E-state index is -1.40. The number of alkyl halides is 1. The number of aliphatic hydroxyl groups is 1. The summed E-state index contributed by atoms with van der Waals surface area (Å²) in [7, 11) is 0. The van der Waals surface area contributed by atoms with Crippen molar-refractivity contribution in [2.45, 2.75) is 24.5 Å². The number of benzene rings is 4. The van der Waals surface area contributed by atoms with E-state index in [9.17, 15) is 9.18 Å². The van der Waals surface area contributed by atoms with E-state index in [4.69, 9.17) is 19.6 Å². The van der Waals surface area contributed by atoms with Crippen molar-refractivity contribution in [2.75, 3.05) is 26.4 Å². The van der Waals surface area contributed by atoms with E-state index in [1.54, 1.807) is 12.1 Å². The van der Waals surface area contributed by atoms with Gasteiger partial charge in [-0.1, -0.05) is 88.7 Å². The summed E-state index contributed by atoms with van der Waals surface area (Å²) in [6, 6.07) is 32.9. The average Bonchev–Trinajstić information content (AvgIpc) is 3.42. The highest BCUT2D eigenvalue weighted by Gasteiger charge is 2.53. The SMILES string of the molecule is O=C(NCCF)[C@]1(Cc2ccccc2Br)N=C(c2ccc(OCCCO)cc2)O[C@@H]1c1ccc(-c2ccccc2)cc1. The third-order valence-electron chi connectivity index (χ3n) is 7.15. The lowest BCUT2D eigenvalue weighted by Gasteiger charge is -2.31. The summed E-state index contributed by atoms with van der Waals surface area (Å²) in [4.78, 5) is 19.0. The number of carbonyl (C=O) groups is 1. The normalized spacial score (nSPS) is 17.8. The Morgan fingerprint density at radius 3 is 2.29 bits per heavy atom. The van der Waals surface area contributed by atoms with Crippen molar-refractivity contribution in [3.8, 4) is 16.9 Å². The molecule has 1 heterocycles. The van der Waals surface area contributed by atoms with Gasteiger partial charge in [-0.25, -0.2) is 9.38 Å². The van der Waals surface area contributed by atoms with Gasteiger partial charge in [0.1, 0.15) is 12.4 Å². The van der Waals surface area contributed by atoms with Crippen LogP contribution in [0, 0.1) is 0 Å². The minimum Gasteiger partial charge on any atom is -0.494 e. The quantitative estimate of drug-likeness (QED) is 0.176. The van der Waals surface area contributed by atoms with E-state index in [0.29, 0.717) is 30.2 Å². The van der Waals surface area contributed by atoms with E-state index in [0.717, 1.165) is 26.7 Å². The Hall–Kier alpha value is -4.01. The van der Waals surface area contributed by atoms with Gasteiger partial charge < -0.3 is 19.9 Å². The Morgan fingerprint density at radius 1 is 0.929 bits per heavy atom. The fraction of sp³-hybridized carbons (Fsp3) is 0.235. The number of aliphatic hydroxyl groups excluding tert-OH is 1. The monoisotopic (exact) mass is 630 g/mol. The summed E-state index contributed by atoms with van der Waals surface area (Å²) < 4.78 is 26.3. The maximum atomic E-state index is 14.0. The highest BCUT2D eigenvalue weighted by molar-refractivity contribution is 9.10. The fourth-order valence-electron chi connectivity index (χ4n) is 5.01. The zero-order chi connectivity index (χ0) is 29.4. The third kappa shape index (κ3) is 6.55. The lowest BCUT2D eigenvalue weighted by Crippen LogP contribution is -2.50. The topological polar surface area (TPSA) is 80.2 Å². The minimum absolute atomic E-state index is 0.0561. The second kappa shape index (κ2) is 13.8. The van der Waals surface area contributed by atoms with Crippen LogP contribution in [-0.2, 0) is 16.0 Å². The second-order valence-corrected chi connectivity index (χ2v) is 10.8. The molecular weight excluding hydrogens is 599 g/mol. The van der Waals surface area contributed by atoms with Crippen LogP contribution in [0.25, 0.3) is 11.1 Å². The molecule has 0 unspecified atom stereocenters. The van der Waals surface area contributed by atoms with E-state index in [2.05, 4.69) is 21.2 Å². The fourth-order valence-corrected chi connectivity index (χ4v) is 5.43. The van der Waals surface area contributed by atoms with Gasteiger partial charge in [-0.15, -0.1) is 0 Å². The molecular formula is C34H32BrFN2O4. The molecule has 2 atom stereocenters. The first-order chi connectivity index (χ1) is 20.5. The molecule has 2 N–H and O–H groups in total.